The lowest BCUT2D eigenvalue weighted by molar-refractivity contribution is -0.137. The summed E-state index contributed by atoms with van der Waals surface area (Å²) in [6.45, 7) is 6.53. The smallest absolute Gasteiger partial charge is 0.416 e. The first-order chi connectivity index (χ1) is 15.9. The van der Waals surface area contributed by atoms with Gasteiger partial charge in [0.15, 0.2) is 5.13 Å². The predicted molar refractivity (Wildman–Crippen MR) is 130 cm³/mol. The molecule has 3 rings (SSSR count). The number of amides is 1. The van der Waals surface area contributed by atoms with Gasteiger partial charge >= 0.3 is 6.18 Å². The molecule has 2 unspecified atom stereocenters. The van der Waals surface area contributed by atoms with Crippen molar-refractivity contribution < 1.29 is 28.2 Å². The molecule has 3 aromatic rings. The van der Waals surface area contributed by atoms with Gasteiger partial charge in [0.05, 0.1) is 27.4 Å². The van der Waals surface area contributed by atoms with Crippen LogP contribution in [0.3, 0.4) is 0 Å². The zero-order valence-electron chi connectivity index (χ0n) is 19.1. The molecule has 34 heavy (non-hydrogen) atoms. The normalized spacial score (nSPS) is 13.2. The largest absolute Gasteiger partial charge is 0.507 e. The fourth-order valence-corrected chi connectivity index (χ4v) is 4.26. The average Bonchev–Trinajstić information content (AvgIpc) is 3.17. The first-order valence-electron chi connectivity index (χ1n) is 10.5. The van der Waals surface area contributed by atoms with Crippen molar-refractivity contribution >= 4 is 44.2 Å². The second-order valence-electron chi connectivity index (χ2n) is 7.78. The van der Waals surface area contributed by atoms with E-state index >= 15 is 0 Å². The van der Waals surface area contributed by atoms with Crippen LogP contribution in [0.25, 0.3) is 10.2 Å². The fraction of sp³-hybridized carbons (Fsp3) is 0.391. The van der Waals surface area contributed by atoms with Crippen molar-refractivity contribution in [3.05, 3.63) is 52.0 Å². The Hall–Kier alpha value is -2.40. The van der Waals surface area contributed by atoms with Crippen LogP contribution in [0.4, 0.5) is 18.3 Å². The number of alkyl halides is 3. The number of thiazole rings is 1. The van der Waals surface area contributed by atoms with E-state index in [1.807, 2.05) is 20.9 Å². The molecule has 0 saturated heterocycles. The molecule has 1 amide bonds. The number of aromatic nitrogens is 1. The lowest BCUT2D eigenvalue weighted by Gasteiger charge is -2.15. The molecule has 1 aromatic heterocycles. The highest BCUT2D eigenvalue weighted by molar-refractivity contribution is 7.22. The number of phenols is 1. The van der Waals surface area contributed by atoms with Crippen LogP contribution in [0.15, 0.2) is 30.3 Å². The number of nitrogens with one attached hydrogen (secondary N) is 2. The Kier molecular flexibility index (Phi) is 9.69. The van der Waals surface area contributed by atoms with Crippen LogP contribution in [0.5, 0.6) is 5.75 Å². The maximum absolute atomic E-state index is 12.7. The van der Waals surface area contributed by atoms with Gasteiger partial charge in [-0.2, -0.15) is 13.2 Å². The number of carbonyl (C=O) groups is 1. The van der Waals surface area contributed by atoms with E-state index in [2.05, 4.69) is 15.6 Å². The number of aryl methyl sites for hydroxylation is 1. The zero-order valence-corrected chi connectivity index (χ0v) is 20.7. The highest BCUT2D eigenvalue weighted by Gasteiger charge is 2.30. The molecule has 2 aromatic carbocycles. The third-order valence-electron chi connectivity index (χ3n) is 5.05. The van der Waals surface area contributed by atoms with E-state index in [0.29, 0.717) is 17.0 Å². The molecule has 0 aliphatic carbocycles. The summed E-state index contributed by atoms with van der Waals surface area (Å²) in [5.41, 5.74) is -0.0681. The highest BCUT2D eigenvalue weighted by atomic mass is 35.5. The Labute approximate surface area is 204 Å². The van der Waals surface area contributed by atoms with Crippen molar-refractivity contribution in [1.82, 2.24) is 10.3 Å². The van der Waals surface area contributed by atoms with Crippen LogP contribution in [0, 0.1) is 12.8 Å². The molecule has 0 saturated carbocycles. The van der Waals surface area contributed by atoms with E-state index < -0.39 is 17.6 Å². The number of carbonyl (C=O) groups excluding carboxylic acids is 1. The Morgan fingerprint density at radius 1 is 1.26 bits per heavy atom. The summed E-state index contributed by atoms with van der Waals surface area (Å²) >= 11 is 6.79. The lowest BCUT2D eigenvalue weighted by Crippen LogP contribution is -2.26. The van der Waals surface area contributed by atoms with Gasteiger partial charge in [-0.05, 0) is 68.8 Å². The van der Waals surface area contributed by atoms with E-state index in [4.69, 9.17) is 11.6 Å². The van der Waals surface area contributed by atoms with Crippen LogP contribution >= 0.6 is 22.9 Å². The van der Waals surface area contributed by atoms with Gasteiger partial charge in [-0.1, -0.05) is 36.8 Å². The van der Waals surface area contributed by atoms with Crippen LogP contribution in [0.1, 0.15) is 41.8 Å². The number of hydrogen-bond donors (Lipinski definition) is 4. The van der Waals surface area contributed by atoms with Crippen molar-refractivity contribution in [2.45, 2.75) is 39.5 Å². The monoisotopic (exact) mass is 517 g/mol. The number of aliphatic hydroxyl groups is 1. The summed E-state index contributed by atoms with van der Waals surface area (Å²) < 4.78 is 38.5. The second kappa shape index (κ2) is 11.8. The number of rotatable bonds is 6. The van der Waals surface area contributed by atoms with Gasteiger partial charge in [0.1, 0.15) is 5.75 Å². The number of benzene rings is 2. The van der Waals surface area contributed by atoms with Crippen LogP contribution in [-0.4, -0.2) is 40.8 Å². The number of nitrogens with zero attached hydrogens (tertiary/aromatic N) is 1. The molecular weight excluding hydrogens is 491 g/mol. The Morgan fingerprint density at radius 3 is 2.53 bits per heavy atom. The van der Waals surface area contributed by atoms with E-state index in [1.54, 1.807) is 6.92 Å². The van der Waals surface area contributed by atoms with Gasteiger partial charge in [-0.25, -0.2) is 4.98 Å². The van der Waals surface area contributed by atoms with Crippen LogP contribution in [0.2, 0.25) is 5.02 Å². The summed E-state index contributed by atoms with van der Waals surface area (Å²) in [6, 6.07) is 5.95. The molecule has 0 aliphatic rings. The molecule has 186 valence electrons. The fourth-order valence-electron chi connectivity index (χ4n) is 3.09. The molecule has 0 fully saturated rings. The van der Waals surface area contributed by atoms with Gasteiger partial charge in [0.25, 0.3) is 5.91 Å². The topological polar surface area (TPSA) is 94.5 Å². The van der Waals surface area contributed by atoms with E-state index in [1.165, 1.54) is 18.2 Å². The molecule has 11 heteroatoms. The summed E-state index contributed by atoms with van der Waals surface area (Å²) in [5.74, 6) is -0.499. The number of phenolic OH excluding ortho intramolecular Hbond substituents is 1. The maximum Gasteiger partial charge on any atom is 0.416 e. The van der Waals surface area contributed by atoms with Gasteiger partial charge in [-0.3, -0.25) is 10.1 Å². The third kappa shape index (κ3) is 7.30. The van der Waals surface area contributed by atoms with E-state index in [9.17, 15) is 28.2 Å². The highest BCUT2D eigenvalue weighted by Crippen LogP contribution is 2.35. The second-order valence-corrected chi connectivity index (χ2v) is 9.25. The van der Waals surface area contributed by atoms with E-state index in [-0.39, 0.29) is 32.3 Å². The van der Waals surface area contributed by atoms with Crippen molar-refractivity contribution in [2.75, 3.05) is 18.9 Å². The first kappa shape index (κ1) is 27.8. The minimum atomic E-state index is -4.45. The zero-order chi connectivity index (χ0) is 25.6. The Morgan fingerprint density at radius 2 is 1.94 bits per heavy atom. The van der Waals surface area contributed by atoms with Crippen molar-refractivity contribution in [3.8, 4) is 5.75 Å². The number of hydrogen-bond acceptors (Lipinski definition) is 6. The minimum absolute atomic E-state index is 0.0414. The number of anilines is 1. The Balaban J connectivity index is 0.000000387. The number of halogens is 4. The van der Waals surface area contributed by atoms with Crippen LogP contribution in [-0.2, 0) is 6.18 Å². The van der Waals surface area contributed by atoms with Crippen molar-refractivity contribution in [1.29, 1.82) is 0 Å². The van der Waals surface area contributed by atoms with Crippen molar-refractivity contribution in [2.24, 2.45) is 5.92 Å². The van der Waals surface area contributed by atoms with E-state index in [0.717, 1.165) is 36.4 Å². The van der Waals surface area contributed by atoms with Gasteiger partial charge < -0.3 is 15.5 Å². The van der Waals surface area contributed by atoms with Crippen LogP contribution < -0.4 is 10.6 Å². The molecule has 0 radical (unpaired) electrons. The molecule has 0 aliphatic heterocycles. The predicted octanol–water partition coefficient (Wildman–Crippen LogP) is 5.85. The average molecular weight is 518 g/mol. The number of aliphatic hydroxyl groups excluding tert-OH is 1. The SMILES string of the molecule is CCC(O)C(C)CNC.Cc1cc(Cl)cc(C(=O)Nc2nc3ccc(C(F)(F)F)cc3s2)c1O. The minimum Gasteiger partial charge on any atom is -0.507 e. The van der Waals surface area contributed by atoms with Gasteiger partial charge in [-0.15, -0.1) is 0 Å². The molecule has 0 bridgehead atoms. The quantitative estimate of drug-likeness (QED) is 0.329. The number of aromatic hydroxyl groups is 1. The summed E-state index contributed by atoms with van der Waals surface area (Å²) in [4.78, 5) is 16.4. The van der Waals surface area contributed by atoms with Gasteiger partial charge in [0.2, 0.25) is 0 Å². The molecule has 2 atom stereocenters. The van der Waals surface area contributed by atoms with Gasteiger partial charge in [0, 0.05) is 5.02 Å². The summed E-state index contributed by atoms with van der Waals surface area (Å²) in [6.07, 6.45) is -3.74. The van der Waals surface area contributed by atoms with Crippen molar-refractivity contribution in [3.63, 3.8) is 0 Å². The molecule has 0 spiro atoms. The number of fused-ring (bicyclic) bond motifs is 1. The molecule has 6 nitrogen and oxygen atoms in total. The summed E-state index contributed by atoms with van der Waals surface area (Å²) in [5, 5.41) is 25.1. The molecule has 4 N–H and O–H groups in total. The third-order valence-corrected chi connectivity index (χ3v) is 6.20. The maximum atomic E-state index is 12.7. The first-order valence-corrected chi connectivity index (χ1v) is 11.7. The Bertz CT molecular complexity index is 1140. The lowest BCUT2D eigenvalue weighted by atomic mass is 10.0. The molecule has 1 heterocycles. The summed E-state index contributed by atoms with van der Waals surface area (Å²) in [7, 11) is 1.90. The molecular formula is C23H27ClF3N3O3S. The standard InChI is InChI=1S/C16H10ClF3N2O2S.C7H17NO/c1-7-4-9(17)6-10(13(7)23)14(24)22-15-21-11-3-2-8(16(18,19)20)5-12(11)25-15;1-4-7(9)6(2)5-8-3/h2-6,23H,1H3,(H,21,22,24);6-9H,4-5H2,1-3H3.